The zero-order valence-electron chi connectivity index (χ0n) is 23.1. The molecule has 1 saturated heterocycles. The molecule has 0 amide bonds. The van der Waals surface area contributed by atoms with E-state index in [-0.39, 0.29) is 11.4 Å². The van der Waals surface area contributed by atoms with E-state index in [1.54, 1.807) is 46.0 Å². The number of carbonyl (C=O) groups excluding carboxylic acids is 1. The molecule has 13 nitrogen and oxygen atoms in total. The van der Waals surface area contributed by atoms with E-state index in [1.807, 2.05) is 5.92 Å². The van der Waals surface area contributed by atoms with Crippen LogP contribution in [-0.2, 0) is 23.4 Å². The van der Waals surface area contributed by atoms with Crippen molar-refractivity contribution in [1.29, 1.82) is 0 Å². The van der Waals surface area contributed by atoms with E-state index in [1.165, 1.54) is 30.0 Å². The van der Waals surface area contributed by atoms with Gasteiger partial charge in [0.1, 0.15) is 29.8 Å². The molecule has 0 radical (unpaired) electrons. The molecule has 0 saturated carbocycles. The standard InChI is InChI=1S/C26H32FN6O7P/c1-7-26(27)21(34)19(39-25(26)33-14-29-20-22(28-6)30-17(5)31-23(20)33)13-37-41(36,40-18-11-9-8-10-12-18)32-16(4)24(35)38-15(2)3/h1,8-12,14-16,19,21,25,34H,13H2,2-6H3,(H,32,36)(H,28,30,31)/t16-,19-,21-,25-,26-,41+/m1/s1. The molecule has 2 aromatic heterocycles. The second kappa shape index (κ2) is 12.1. The minimum absolute atomic E-state index is 0.169. The summed E-state index contributed by atoms with van der Waals surface area (Å²) in [6, 6.07) is 6.98. The number of rotatable bonds is 11. The maximum absolute atomic E-state index is 16.2. The van der Waals surface area contributed by atoms with Gasteiger partial charge in [-0.25, -0.2) is 23.9 Å². The molecule has 1 fully saturated rings. The van der Waals surface area contributed by atoms with Crippen LogP contribution in [0.4, 0.5) is 10.2 Å². The molecule has 15 heteroatoms. The summed E-state index contributed by atoms with van der Waals surface area (Å²) in [6.45, 7) is 5.78. The Balaban J connectivity index is 1.60. The third kappa shape index (κ3) is 6.34. The van der Waals surface area contributed by atoms with Crippen molar-refractivity contribution in [3.05, 3.63) is 42.5 Å². The predicted octanol–water partition coefficient (Wildman–Crippen LogP) is 2.91. The van der Waals surface area contributed by atoms with E-state index in [4.69, 9.17) is 24.9 Å². The number of ether oxygens (including phenoxy) is 2. The molecule has 41 heavy (non-hydrogen) atoms. The fourth-order valence-corrected chi connectivity index (χ4v) is 5.69. The minimum Gasteiger partial charge on any atom is -0.462 e. The Kier molecular flexibility index (Phi) is 8.96. The van der Waals surface area contributed by atoms with Crippen molar-refractivity contribution in [2.75, 3.05) is 19.0 Å². The summed E-state index contributed by atoms with van der Waals surface area (Å²) in [5.74, 6) is 2.24. The lowest BCUT2D eigenvalue weighted by Gasteiger charge is -2.25. The summed E-state index contributed by atoms with van der Waals surface area (Å²) in [5.41, 5.74) is -2.19. The number of fused-ring (bicyclic) bond motifs is 1. The monoisotopic (exact) mass is 590 g/mol. The normalized spacial score (nSPS) is 24.5. The zero-order valence-corrected chi connectivity index (χ0v) is 24.0. The van der Waals surface area contributed by atoms with Gasteiger partial charge in [-0.15, -0.1) is 6.42 Å². The van der Waals surface area contributed by atoms with Crippen molar-refractivity contribution in [3.8, 4) is 18.1 Å². The molecule has 6 atom stereocenters. The Labute approximate surface area is 236 Å². The van der Waals surface area contributed by atoms with Crippen molar-refractivity contribution in [2.24, 2.45) is 0 Å². The molecule has 1 aromatic carbocycles. The molecule has 3 N–H and O–H groups in total. The SMILES string of the molecule is C#C[C@@]1(F)[C@H](O)[C@@H](CO[P@@](=O)(N[C@H](C)C(=O)OC(C)C)Oc2ccccc2)O[C@H]1n1cnc2c(NC)nc(C)nc21. The zero-order chi connectivity index (χ0) is 29.9. The Morgan fingerprint density at radius 3 is 2.66 bits per heavy atom. The van der Waals surface area contributed by atoms with Gasteiger partial charge in [0.25, 0.3) is 0 Å². The fourth-order valence-electron chi connectivity index (χ4n) is 4.19. The van der Waals surface area contributed by atoms with Gasteiger partial charge in [0, 0.05) is 7.05 Å². The summed E-state index contributed by atoms with van der Waals surface area (Å²) < 4.78 is 53.4. The Bertz CT molecular complexity index is 1480. The highest BCUT2D eigenvalue weighted by atomic mass is 31.2. The quantitative estimate of drug-likeness (QED) is 0.171. The summed E-state index contributed by atoms with van der Waals surface area (Å²) in [7, 11) is -2.67. The highest BCUT2D eigenvalue weighted by molar-refractivity contribution is 7.52. The van der Waals surface area contributed by atoms with Gasteiger partial charge in [-0.3, -0.25) is 13.9 Å². The van der Waals surface area contributed by atoms with Crippen LogP contribution in [0.2, 0.25) is 0 Å². The van der Waals surface area contributed by atoms with Gasteiger partial charge in [0.05, 0.1) is 19.0 Å². The number of aliphatic hydroxyl groups is 1. The molecular formula is C26H32FN6O7P. The Hall–Kier alpha value is -3.60. The molecule has 220 valence electrons. The average molecular weight is 591 g/mol. The van der Waals surface area contributed by atoms with Crippen molar-refractivity contribution >= 4 is 30.7 Å². The summed E-state index contributed by atoms with van der Waals surface area (Å²) in [6.07, 6.45) is 1.52. The molecule has 1 aliphatic heterocycles. The highest BCUT2D eigenvalue weighted by Crippen LogP contribution is 2.48. The van der Waals surface area contributed by atoms with Crippen LogP contribution in [0.3, 0.4) is 0 Å². The number of imidazole rings is 1. The number of aliphatic hydroxyl groups excluding tert-OH is 1. The van der Waals surface area contributed by atoms with E-state index in [2.05, 4.69) is 25.4 Å². The molecule has 4 rings (SSSR count). The molecule has 0 spiro atoms. The molecule has 0 bridgehead atoms. The van der Waals surface area contributed by atoms with Crippen LogP contribution in [0.1, 0.15) is 32.8 Å². The third-order valence-corrected chi connectivity index (χ3v) is 7.77. The van der Waals surface area contributed by atoms with Gasteiger partial charge in [-0.05, 0) is 39.8 Å². The van der Waals surface area contributed by atoms with Gasteiger partial charge in [0.2, 0.25) is 5.67 Å². The first-order valence-corrected chi connectivity index (χ1v) is 14.3. The van der Waals surface area contributed by atoms with Gasteiger partial charge in [-0.2, -0.15) is 5.09 Å². The lowest BCUT2D eigenvalue weighted by atomic mass is 9.97. The first-order valence-electron chi connectivity index (χ1n) is 12.8. The van der Waals surface area contributed by atoms with Crippen LogP contribution in [0.25, 0.3) is 11.2 Å². The Morgan fingerprint density at radius 1 is 1.32 bits per heavy atom. The van der Waals surface area contributed by atoms with Gasteiger partial charge >= 0.3 is 13.7 Å². The highest BCUT2D eigenvalue weighted by Gasteiger charge is 2.58. The number of para-hydroxylation sites is 1. The number of esters is 1. The van der Waals surface area contributed by atoms with E-state index >= 15 is 4.39 Å². The second-order valence-corrected chi connectivity index (χ2v) is 11.3. The number of carbonyl (C=O) groups is 1. The van der Waals surface area contributed by atoms with Gasteiger partial charge in [-0.1, -0.05) is 24.1 Å². The minimum atomic E-state index is -4.32. The lowest BCUT2D eigenvalue weighted by molar-refractivity contribution is -0.149. The molecule has 3 heterocycles. The summed E-state index contributed by atoms with van der Waals surface area (Å²) in [5, 5.41) is 16.4. The van der Waals surface area contributed by atoms with E-state index in [0.717, 1.165) is 0 Å². The van der Waals surface area contributed by atoms with E-state index in [0.29, 0.717) is 17.2 Å². The molecule has 0 aliphatic carbocycles. The number of anilines is 1. The van der Waals surface area contributed by atoms with Crippen LogP contribution in [-0.4, -0.2) is 74.3 Å². The van der Waals surface area contributed by atoms with E-state index in [9.17, 15) is 14.5 Å². The van der Waals surface area contributed by atoms with Gasteiger partial charge in [0.15, 0.2) is 23.2 Å². The number of aryl methyl sites for hydroxylation is 1. The van der Waals surface area contributed by atoms with Gasteiger partial charge < -0.3 is 24.4 Å². The summed E-state index contributed by atoms with van der Waals surface area (Å²) in [4.78, 5) is 25.3. The molecule has 0 unspecified atom stereocenters. The molecule has 3 aromatic rings. The van der Waals surface area contributed by atoms with Crippen LogP contribution >= 0.6 is 7.75 Å². The first kappa shape index (κ1) is 30.4. The van der Waals surface area contributed by atoms with Crippen molar-refractivity contribution in [3.63, 3.8) is 0 Å². The predicted molar refractivity (Wildman–Crippen MR) is 147 cm³/mol. The Morgan fingerprint density at radius 2 is 2.02 bits per heavy atom. The molecule has 1 aliphatic rings. The topological polar surface area (TPSA) is 159 Å². The number of benzene rings is 1. The second-order valence-electron chi connectivity index (χ2n) is 9.61. The summed E-state index contributed by atoms with van der Waals surface area (Å²) >= 11 is 0. The van der Waals surface area contributed by atoms with Crippen LogP contribution in [0.5, 0.6) is 5.75 Å². The smallest absolute Gasteiger partial charge is 0.459 e. The van der Waals surface area contributed by atoms with Crippen LogP contribution in [0.15, 0.2) is 36.7 Å². The number of alkyl halides is 1. The van der Waals surface area contributed by atoms with Crippen molar-refractivity contribution in [2.45, 2.75) is 63.9 Å². The number of halogens is 1. The number of nitrogens with zero attached hydrogens (tertiary/aromatic N) is 4. The van der Waals surface area contributed by atoms with Crippen LogP contribution in [0, 0.1) is 19.3 Å². The largest absolute Gasteiger partial charge is 0.462 e. The van der Waals surface area contributed by atoms with Crippen molar-refractivity contribution < 1.29 is 37.4 Å². The molecular weight excluding hydrogens is 558 g/mol. The van der Waals surface area contributed by atoms with Crippen molar-refractivity contribution in [1.82, 2.24) is 24.6 Å². The number of nitrogens with one attached hydrogen (secondary N) is 2. The maximum atomic E-state index is 16.2. The number of aromatic nitrogens is 4. The average Bonchev–Trinajstić information content (AvgIpc) is 3.45. The third-order valence-electron chi connectivity index (χ3n) is 6.12. The fraction of sp³-hybridized carbons (Fsp3) is 0.462. The number of hydrogen-bond acceptors (Lipinski definition) is 11. The first-order chi connectivity index (χ1) is 19.4. The number of hydrogen-bond donors (Lipinski definition) is 3. The maximum Gasteiger partial charge on any atom is 0.459 e. The lowest BCUT2D eigenvalue weighted by Crippen LogP contribution is -2.42. The van der Waals surface area contributed by atoms with E-state index < -0.39 is 56.6 Å². The number of terminal acetylenes is 1. The van der Waals surface area contributed by atoms with Crippen LogP contribution < -0.4 is 14.9 Å².